The summed E-state index contributed by atoms with van der Waals surface area (Å²) in [5, 5.41) is 13.2. The van der Waals surface area contributed by atoms with Crippen LogP contribution >= 0.6 is 0 Å². The predicted octanol–water partition coefficient (Wildman–Crippen LogP) is 3.01. The average molecular weight is 282 g/mol. The molecule has 0 saturated heterocycles. The first-order valence-electron chi connectivity index (χ1n) is 7.14. The Bertz CT molecular complexity index is 455. The summed E-state index contributed by atoms with van der Waals surface area (Å²) in [5.41, 5.74) is 1.73. The van der Waals surface area contributed by atoms with Gasteiger partial charge in [-0.25, -0.2) is 4.39 Å². The van der Waals surface area contributed by atoms with E-state index in [9.17, 15) is 9.50 Å². The largest absolute Gasteiger partial charge is 0.389 e. The fraction of sp³-hybridized carbons (Fsp3) is 0.625. The minimum absolute atomic E-state index is 0.0518. The molecule has 2 N–H and O–H groups in total. The van der Waals surface area contributed by atoms with Gasteiger partial charge in [0.1, 0.15) is 5.82 Å². The maximum absolute atomic E-state index is 13.9. The zero-order valence-corrected chi connectivity index (χ0v) is 13.4. The van der Waals surface area contributed by atoms with Gasteiger partial charge in [-0.1, -0.05) is 0 Å². The lowest BCUT2D eigenvalue weighted by Crippen LogP contribution is -2.39. The van der Waals surface area contributed by atoms with Crippen molar-refractivity contribution in [3.63, 3.8) is 0 Å². The Morgan fingerprint density at radius 1 is 1.40 bits per heavy atom. The predicted molar refractivity (Wildman–Crippen MR) is 82.8 cm³/mol. The highest BCUT2D eigenvalue weighted by atomic mass is 19.1. The first kappa shape index (κ1) is 16.9. The van der Waals surface area contributed by atoms with Crippen molar-refractivity contribution >= 4 is 5.69 Å². The van der Waals surface area contributed by atoms with E-state index >= 15 is 0 Å². The second-order valence-electron chi connectivity index (χ2n) is 6.00. The fourth-order valence-electron chi connectivity index (χ4n) is 2.29. The molecular formula is C16H27FN2O. The molecule has 0 fully saturated rings. The van der Waals surface area contributed by atoms with Gasteiger partial charge in [0.2, 0.25) is 0 Å². The molecule has 1 atom stereocenters. The Morgan fingerprint density at radius 2 is 2.00 bits per heavy atom. The lowest BCUT2D eigenvalue weighted by atomic mass is 10.0. The molecule has 0 saturated carbocycles. The number of aliphatic hydroxyl groups is 1. The highest BCUT2D eigenvalue weighted by Gasteiger charge is 2.22. The third kappa shape index (κ3) is 4.18. The van der Waals surface area contributed by atoms with Crippen LogP contribution in [0.2, 0.25) is 0 Å². The van der Waals surface area contributed by atoms with Crippen LogP contribution in [0, 0.1) is 12.7 Å². The third-order valence-electron chi connectivity index (χ3n) is 3.51. The van der Waals surface area contributed by atoms with Gasteiger partial charge in [-0.3, -0.25) is 0 Å². The van der Waals surface area contributed by atoms with Gasteiger partial charge in [-0.05, 0) is 64.9 Å². The zero-order chi connectivity index (χ0) is 15.5. The normalized spacial score (nSPS) is 13.4. The van der Waals surface area contributed by atoms with Gasteiger partial charge in [-0.15, -0.1) is 0 Å². The maximum Gasteiger partial charge on any atom is 0.126 e. The standard InChI is InChI=1S/C16H27FN2O/c1-7-19(10-16(4,5)20)15-8-11(2)14(17)9-13(15)12(3)18-6/h8-9,12,18,20H,7,10H2,1-6H3. The average Bonchev–Trinajstić information content (AvgIpc) is 2.36. The van der Waals surface area contributed by atoms with Gasteiger partial charge in [-0.2, -0.15) is 0 Å². The molecule has 0 heterocycles. The van der Waals surface area contributed by atoms with Crippen molar-refractivity contribution in [1.82, 2.24) is 5.32 Å². The van der Waals surface area contributed by atoms with E-state index in [-0.39, 0.29) is 11.9 Å². The second-order valence-corrected chi connectivity index (χ2v) is 6.00. The quantitative estimate of drug-likeness (QED) is 0.842. The van der Waals surface area contributed by atoms with Crippen LogP contribution in [0.25, 0.3) is 0 Å². The van der Waals surface area contributed by atoms with E-state index in [2.05, 4.69) is 10.2 Å². The van der Waals surface area contributed by atoms with Gasteiger partial charge in [0.05, 0.1) is 5.60 Å². The Balaban J connectivity index is 3.28. The molecule has 4 heteroatoms. The summed E-state index contributed by atoms with van der Waals surface area (Å²) < 4.78 is 13.9. The van der Waals surface area contributed by atoms with Crippen LogP contribution in [-0.4, -0.2) is 30.8 Å². The lowest BCUT2D eigenvalue weighted by molar-refractivity contribution is 0.0875. The van der Waals surface area contributed by atoms with Gasteiger partial charge < -0.3 is 15.3 Å². The number of nitrogens with one attached hydrogen (secondary N) is 1. The van der Waals surface area contributed by atoms with Crippen molar-refractivity contribution in [3.05, 3.63) is 29.1 Å². The SMILES string of the molecule is CCN(CC(C)(C)O)c1cc(C)c(F)cc1C(C)NC. The lowest BCUT2D eigenvalue weighted by Gasteiger charge is -2.33. The molecule has 1 aromatic carbocycles. The number of likely N-dealkylation sites (N-methyl/N-ethyl adjacent to an activating group) is 1. The minimum atomic E-state index is -0.793. The van der Waals surface area contributed by atoms with E-state index in [0.29, 0.717) is 12.1 Å². The number of nitrogens with zero attached hydrogens (tertiary/aromatic N) is 1. The number of hydrogen-bond donors (Lipinski definition) is 2. The summed E-state index contributed by atoms with van der Waals surface area (Å²) in [5.74, 6) is -0.190. The molecule has 0 aliphatic heterocycles. The summed E-state index contributed by atoms with van der Waals surface area (Å²) in [6.45, 7) is 10.7. The molecule has 0 aliphatic carbocycles. The second kappa shape index (κ2) is 6.55. The summed E-state index contributed by atoms with van der Waals surface area (Å²) in [6.07, 6.45) is 0. The molecule has 0 aromatic heterocycles. The number of benzene rings is 1. The van der Waals surface area contributed by atoms with Crippen LogP contribution in [0.1, 0.15) is 44.9 Å². The zero-order valence-electron chi connectivity index (χ0n) is 13.4. The van der Waals surface area contributed by atoms with E-state index in [1.165, 1.54) is 0 Å². The molecule has 0 spiro atoms. The van der Waals surface area contributed by atoms with Gasteiger partial charge >= 0.3 is 0 Å². The molecule has 20 heavy (non-hydrogen) atoms. The van der Waals surface area contributed by atoms with E-state index in [0.717, 1.165) is 17.8 Å². The number of hydrogen-bond acceptors (Lipinski definition) is 3. The van der Waals surface area contributed by atoms with Crippen molar-refractivity contribution in [2.75, 3.05) is 25.0 Å². The Kier molecular flexibility index (Phi) is 5.54. The first-order valence-corrected chi connectivity index (χ1v) is 7.14. The Morgan fingerprint density at radius 3 is 2.45 bits per heavy atom. The van der Waals surface area contributed by atoms with Crippen molar-refractivity contribution < 1.29 is 9.50 Å². The molecule has 3 nitrogen and oxygen atoms in total. The van der Waals surface area contributed by atoms with Crippen LogP contribution in [-0.2, 0) is 0 Å². The van der Waals surface area contributed by atoms with Crippen LogP contribution in [0.3, 0.4) is 0 Å². The molecule has 0 radical (unpaired) electrons. The smallest absolute Gasteiger partial charge is 0.126 e. The topological polar surface area (TPSA) is 35.5 Å². The van der Waals surface area contributed by atoms with E-state index in [4.69, 9.17) is 0 Å². The van der Waals surface area contributed by atoms with Crippen molar-refractivity contribution in [2.24, 2.45) is 0 Å². The molecule has 1 unspecified atom stereocenters. The number of rotatable bonds is 6. The van der Waals surface area contributed by atoms with Gasteiger partial charge in [0, 0.05) is 24.8 Å². The Labute approximate surface area is 121 Å². The number of aryl methyl sites for hydroxylation is 1. The summed E-state index contributed by atoms with van der Waals surface area (Å²) in [4.78, 5) is 2.09. The van der Waals surface area contributed by atoms with Gasteiger partial charge in [0.15, 0.2) is 0 Å². The molecule has 1 rings (SSSR count). The van der Waals surface area contributed by atoms with Crippen molar-refractivity contribution in [3.8, 4) is 0 Å². The van der Waals surface area contributed by atoms with Crippen LogP contribution in [0.5, 0.6) is 0 Å². The molecule has 0 bridgehead atoms. The van der Waals surface area contributed by atoms with Crippen LogP contribution < -0.4 is 10.2 Å². The molecule has 1 aromatic rings. The molecule has 0 aliphatic rings. The van der Waals surface area contributed by atoms with Gasteiger partial charge in [0.25, 0.3) is 0 Å². The minimum Gasteiger partial charge on any atom is -0.389 e. The monoisotopic (exact) mass is 282 g/mol. The number of anilines is 1. The maximum atomic E-state index is 13.9. The van der Waals surface area contributed by atoms with E-state index in [1.54, 1.807) is 26.8 Å². The first-order chi connectivity index (χ1) is 9.19. The van der Waals surface area contributed by atoms with E-state index in [1.807, 2.05) is 27.0 Å². The summed E-state index contributed by atoms with van der Waals surface area (Å²) in [7, 11) is 1.86. The van der Waals surface area contributed by atoms with E-state index < -0.39 is 5.60 Å². The summed E-state index contributed by atoms with van der Waals surface area (Å²) in [6, 6.07) is 3.52. The highest BCUT2D eigenvalue weighted by Crippen LogP contribution is 2.30. The Hall–Kier alpha value is -1.13. The van der Waals surface area contributed by atoms with Crippen molar-refractivity contribution in [1.29, 1.82) is 0 Å². The van der Waals surface area contributed by atoms with Crippen molar-refractivity contribution in [2.45, 2.75) is 46.3 Å². The molecular weight excluding hydrogens is 255 g/mol. The number of halogens is 1. The molecule has 0 amide bonds. The molecule has 114 valence electrons. The third-order valence-corrected chi connectivity index (χ3v) is 3.51. The highest BCUT2D eigenvalue weighted by molar-refractivity contribution is 5.57. The van der Waals surface area contributed by atoms with Crippen LogP contribution in [0.4, 0.5) is 10.1 Å². The fourth-order valence-corrected chi connectivity index (χ4v) is 2.29. The summed E-state index contributed by atoms with van der Waals surface area (Å²) >= 11 is 0. The van der Waals surface area contributed by atoms with Crippen LogP contribution in [0.15, 0.2) is 12.1 Å².